The number of rotatable bonds is 5. The maximum Gasteiger partial charge on any atom is 0.261 e. The van der Waals surface area contributed by atoms with E-state index in [0.29, 0.717) is 22.5 Å². The van der Waals surface area contributed by atoms with E-state index in [1.807, 2.05) is 19.1 Å². The number of carbonyl (C=O) groups excluding carboxylic acids is 1. The van der Waals surface area contributed by atoms with Crippen LogP contribution in [0.2, 0.25) is 0 Å². The second-order valence-electron chi connectivity index (χ2n) is 6.41. The fraction of sp³-hybridized carbons (Fsp3) is 0.0952. The minimum atomic E-state index is -3.69. The lowest BCUT2D eigenvalue weighted by molar-refractivity contribution is 0.102. The summed E-state index contributed by atoms with van der Waals surface area (Å²) in [5, 5.41) is 2.81. The molecule has 0 radical (unpaired) electrons. The van der Waals surface area contributed by atoms with Crippen LogP contribution in [0.4, 0.5) is 11.4 Å². The summed E-state index contributed by atoms with van der Waals surface area (Å²) in [7, 11) is -3.69. The van der Waals surface area contributed by atoms with E-state index < -0.39 is 10.0 Å². The zero-order chi connectivity index (χ0) is 20.3. The van der Waals surface area contributed by atoms with Crippen LogP contribution < -0.4 is 10.0 Å². The summed E-state index contributed by atoms with van der Waals surface area (Å²) in [6.45, 7) is 3.65. The molecule has 0 aliphatic carbocycles. The van der Waals surface area contributed by atoms with E-state index in [1.54, 1.807) is 61.5 Å². The Morgan fingerprint density at radius 1 is 0.893 bits per heavy atom. The zero-order valence-corrected chi connectivity index (χ0v) is 17.8. The first kappa shape index (κ1) is 20.1. The van der Waals surface area contributed by atoms with Gasteiger partial charge < -0.3 is 5.32 Å². The van der Waals surface area contributed by atoms with Crippen molar-refractivity contribution < 1.29 is 13.2 Å². The lowest BCUT2D eigenvalue weighted by Gasteiger charge is -2.12. The second kappa shape index (κ2) is 8.16. The lowest BCUT2D eigenvalue weighted by atomic mass is 10.1. The first-order valence-electron chi connectivity index (χ1n) is 8.52. The van der Waals surface area contributed by atoms with Crippen LogP contribution in [-0.2, 0) is 10.0 Å². The van der Waals surface area contributed by atoms with Gasteiger partial charge in [-0.2, -0.15) is 0 Å². The Kier molecular flexibility index (Phi) is 5.86. The van der Waals surface area contributed by atoms with Crippen LogP contribution in [0, 0.1) is 13.8 Å². The van der Waals surface area contributed by atoms with Crippen molar-refractivity contribution in [2.75, 3.05) is 10.0 Å². The molecule has 0 saturated heterocycles. The summed E-state index contributed by atoms with van der Waals surface area (Å²) in [5.74, 6) is -0.265. The van der Waals surface area contributed by atoms with Gasteiger partial charge in [0.25, 0.3) is 15.9 Å². The van der Waals surface area contributed by atoms with Crippen LogP contribution in [0.15, 0.2) is 76.1 Å². The number of aryl methyl sites for hydroxylation is 2. The van der Waals surface area contributed by atoms with E-state index in [4.69, 9.17) is 0 Å². The van der Waals surface area contributed by atoms with Crippen LogP contribution in [0.25, 0.3) is 0 Å². The molecule has 3 aromatic rings. The Morgan fingerprint density at radius 3 is 2.14 bits per heavy atom. The average Bonchev–Trinajstić information content (AvgIpc) is 2.65. The molecule has 1 amide bonds. The van der Waals surface area contributed by atoms with Gasteiger partial charge >= 0.3 is 0 Å². The van der Waals surface area contributed by atoms with Gasteiger partial charge in [-0.1, -0.05) is 33.6 Å². The Morgan fingerprint density at radius 2 is 1.54 bits per heavy atom. The lowest BCUT2D eigenvalue weighted by Crippen LogP contribution is -2.15. The van der Waals surface area contributed by atoms with E-state index in [2.05, 4.69) is 26.0 Å². The molecule has 0 saturated carbocycles. The van der Waals surface area contributed by atoms with Crippen molar-refractivity contribution in [2.24, 2.45) is 0 Å². The van der Waals surface area contributed by atoms with Crippen LogP contribution in [0.1, 0.15) is 21.5 Å². The minimum absolute atomic E-state index is 0.189. The van der Waals surface area contributed by atoms with Crippen LogP contribution >= 0.6 is 15.9 Å². The average molecular weight is 459 g/mol. The summed E-state index contributed by atoms with van der Waals surface area (Å²) in [5.41, 5.74) is 3.19. The van der Waals surface area contributed by atoms with Crippen molar-refractivity contribution in [1.82, 2.24) is 0 Å². The summed E-state index contributed by atoms with van der Waals surface area (Å²) in [6.07, 6.45) is 0. The molecule has 0 aliphatic heterocycles. The van der Waals surface area contributed by atoms with Gasteiger partial charge in [0.1, 0.15) is 0 Å². The molecular weight excluding hydrogens is 440 g/mol. The molecule has 2 N–H and O–H groups in total. The van der Waals surface area contributed by atoms with Gasteiger partial charge in [0, 0.05) is 15.7 Å². The maximum absolute atomic E-state index is 12.6. The Balaban J connectivity index is 1.77. The van der Waals surface area contributed by atoms with E-state index >= 15 is 0 Å². The molecule has 0 unspecified atom stereocenters. The van der Waals surface area contributed by atoms with Gasteiger partial charge in [0.15, 0.2) is 0 Å². The standard InChI is InChI=1S/C21H19BrN2O3S/c1-14-3-10-19(11-4-14)28(26,27)24-20-12-5-16(13-15(20)2)21(25)23-18-8-6-17(22)7-9-18/h3-13,24H,1-2H3,(H,23,25). The predicted octanol–water partition coefficient (Wildman–Crippen LogP) is 5.12. The largest absolute Gasteiger partial charge is 0.322 e. The second-order valence-corrected chi connectivity index (χ2v) is 9.01. The monoisotopic (exact) mass is 458 g/mol. The number of sulfonamides is 1. The zero-order valence-electron chi connectivity index (χ0n) is 15.4. The molecule has 3 aromatic carbocycles. The highest BCUT2D eigenvalue weighted by molar-refractivity contribution is 9.10. The van der Waals surface area contributed by atoms with Crippen molar-refractivity contribution in [3.05, 3.63) is 87.9 Å². The Bertz CT molecular complexity index is 1110. The van der Waals surface area contributed by atoms with E-state index in [-0.39, 0.29) is 10.8 Å². The molecule has 0 bridgehead atoms. The third-order valence-electron chi connectivity index (χ3n) is 4.17. The minimum Gasteiger partial charge on any atom is -0.322 e. The van der Waals surface area contributed by atoms with Crippen molar-refractivity contribution in [3.63, 3.8) is 0 Å². The highest BCUT2D eigenvalue weighted by Crippen LogP contribution is 2.22. The van der Waals surface area contributed by atoms with Crippen molar-refractivity contribution in [1.29, 1.82) is 0 Å². The molecule has 5 nitrogen and oxygen atoms in total. The van der Waals surface area contributed by atoms with Gasteiger partial charge in [-0.25, -0.2) is 8.42 Å². The van der Waals surface area contributed by atoms with Gasteiger partial charge in [-0.3, -0.25) is 9.52 Å². The molecule has 0 fully saturated rings. The molecule has 0 aromatic heterocycles. The number of amides is 1. The number of benzene rings is 3. The first-order chi connectivity index (χ1) is 13.2. The third-order valence-corrected chi connectivity index (χ3v) is 6.08. The first-order valence-corrected chi connectivity index (χ1v) is 10.8. The highest BCUT2D eigenvalue weighted by atomic mass is 79.9. The SMILES string of the molecule is Cc1ccc(S(=O)(=O)Nc2ccc(C(=O)Nc3ccc(Br)cc3)cc2C)cc1. The fourth-order valence-corrected chi connectivity index (χ4v) is 3.97. The van der Waals surface area contributed by atoms with Gasteiger partial charge in [0.2, 0.25) is 0 Å². The molecule has 3 rings (SSSR count). The third kappa shape index (κ3) is 4.79. The van der Waals surface area contributed by atoms with Gasteiger partial charge in [0.05, 0.1) is 10.6 Å². The van der Waals surface area contributed by atoms with Crippen molar-refractivity contribution in [2.45, 2.75) is 18.7 Å². The van der Waals surface area contributed by atoms with Crippen LogP contribution in [0.5, 0.6) is 0 Å². The quantitative estimate of drug-likeness (QED) is 0.556. The smallest absolute Gasteiger partial charge is 0.261 e. The molecule has 28 heavy (non-hydrogen) atoms. The van der Waals surface area contributed by atoms with Gasteiger partial charge in [-0.05, 0) is 74.0 Å². The molecule has 0 aliphatic rings. The number of carbonyl (C=O) groups is 1. The number of nitrogens with one attached hydrogen (secondary N) is 2. The van der Waals surface area contributed by atoms with E-state index in [0.717, 1.165) is 10.0 Å². The normalized spacial score (nSPS) is 11.1. The fourth-order valence-electron chi connectivity index (χ4n) is 2.58. The van der Waals surface area contributed by atoms with Crippen molar-refractivity contribution in [3.8, 4) is 0 Å². The number of hydrogen-bond donors (Lipinski definition) is 2. The molecule has 7 heteroatoms. The van der Waals surface area contributed by atoms with Crippen molar-refractivity contribution >= 4 is 43.2 Å². The van der Waals surface area contributed by atoms with Crippen LogP contribution in [-0.4, -0.2) is 14.3 Å². The summed E-state index contributed by atoms with van der Waals surface area (Å²) in [6, 6.07) is 18.7. The topological polar surface area (TPSA) is 75.3 Å². The molecule has 0 heterocycles. The molecule has 0 spiro atoms. The number of halogens is 1. The van der Waals surface area contributed by atoms with Crippen LogP contribution in [0.3, 0.4) is 0 Å². The Hall–Kier alpha value is -2.64. The molecular formula is C21H19BrN2O3S. The molecule has 0 atom stereocenters. The van der Waals surface area contributed by atoms with Gasteiger partial charge in [-0.15, -0.1) is 0 Å². The van der Waals surface area contributed by atoms with E-state index in [1.165, 1.54) is 0 Å². The highest BCUT2D eigenvalue weighted by Gasteiger charge is 2.16. The maximum atomic E-state index is 12.6. The number of hydrogen-bond acceptors (Lipinski definition) is 3. The summed E-state index contributed by atoms with van der Waals surface area (Å²) in [4.78, 5) is 12.6. The Labute approximate surface area is 173 Å². The molecule has 144 valence electrons. The number of anilines is 2. The summed E-state index contributed by atoms with van der Waals surface area (Å²) >= 11 is 3.35. The predicted molar refractivity (Wildman–Crippen MR) is 115 cm³/mol. The summed E-state index contributed by atoms with van der Waals surface area (Å²) < 4.78 is 28.6. The van der Waals surface area contributed by atoms with E-state index in [9.17, 15) is 13.2 Å².